The molecule has 2 aliphatic carbocycles. The van der Waals surface area contributed by atoms with Crippen LogP contribution < -0.4 is 10.6 Å². The topological polar surface area (TPSA) is 29.3 Å². The zero-order valence-corrected chi connectivity index (χ0v) is 37.7. The normalized spacial score (nSPS) is 12.6. The van der Waals surface area contributed by atoms with Crippen LogP contribution in [0.5, 0.6) is 0 Å². The molecule has 2 nitrogen and oxygen atoms in total. The van der Waals surface area contributed by atoms with Gasteiger partial charge in [-0.2, -0.15) is 0 Å². The van der Waals surface area contributed by atoms with Crippen molar-refractivity contribution in [3.63, 3.8) is 0 Å². The molecule has 0 saturated heterocycles. The van der Waals surface area contributed by atoms with Crippen LogP contribution in [0.15, 0.2) is 249 Å². The summed E-state index contributed by atoms with van der Waals surface area (Å²) in [4.78, 5) is 2.51. The van der Waals surface area contributed by atoms with E-state index in [2.05, 4.69) is 218 Å². The Kier molecular flexibility index (Phi) is 10.3. The minimum atomic E-state index is 0.822. The van der Waals surface area contributed by atoms with Crippen LogP contribution in [0.4, 0.5) is 22.7 Å². The fourth-order valence-electron chi connectivity index (χ4n) is 10.9. The smallest absolute Gasteiger partial charge is 0.0540 e. The van der Waals surface area contributed by atoms with Crippen molar-refractivity contribution >= 4 is 66.2 Å². The Morgan fingerprint density at radius 3 is 1.54 bits per heavy atom. The van der Waals surface area contributed by atoms with Crippen LogP contribution in [-0.2, 0) is 12.8 Å². The lowest BCUT2D eigenvalue weighted by Crippen LogP contribution is -2.12. The SMILES string of the molecule is C=C/C=C\C1=C(c2ccc3ccc4c(N(c5ccccc5)c5cccc6c5Cc5c(-c7ccccc7)cccc5-6)ccc5ccc2c3c54)Cc2c1cccc2-c1ccccc1.Nc1ccccc1. The molecule has 0 amide bonds. The van der Waals surface area contributed by atoms with Gasteiger partial charge < -0.3 is 10.6 Å². The fraction of sp³-hybridized carbons (Fsp3) is 0.0303. The minimum Gasteiger partial charge on any atom is -0.399 e. The predicted octanol–water partition coefficient (Wildman–Crippen LogP) is 17.4. The van der Waals surface area contributed by atoms with Crippen molar-refractivity contribution in [2.75, 3.05) is 10.6 Å². The van der Waals surface area contributed by atoms with E-state index in [1.54, 1.807) is 0 Å². The average molecular weight is 869 g/mol. The van der Waals surface area contributed by atoms with Gasteiger partial charge in [0, 0.05) is 23.2 Å². The molecule has 0 radical (unpaired) electrons. The van der Waals surface area contributed by atoms with Gasteiger partial charge in [-0.05, 0) is 142 Å². The number of rotatable bonds is 8. The van der Waals surface area contributed by atoms with Crippen LogP contribution in [0.3, 0.4) is 0 Å². The van der Waals surface area contributed by atoms with E-state index in [0.717, 1.165) is 24.2 Å². The highest BCUT2D eigenvalue weighted by molar-refractivity contribution is 6.28. The lowest BCUT2D eigenvalue weighted by atomic mass is 9.87. The zero-order valence-electron chi connectivity index (χ0n) is 37.7. The monoisotopic (exact) mass is 868 g/mol. The zero-order chi connectivity index (χ0) is 45.6. The molecular weight excluding hydrogens is 821 g/mol. The Balaban J connectivity index is 0.000000632. The van der Waals surface area contributed by atoms with E-state index in [1.165, 1.54) is 116 Å². The highest BCUT2D eigenvalue weighted by atomic mass is 15.1. The molecule has 11 aromatic carbocycles. The van der Waals surface area contributed by atoms with E-state index in [9.17, 15) is 0 Å². The summed E-state index contributed by atoms with van der Waals surface area (Å²) in [5.74, 6) is 0. The first-order chi connectivity index (χ1) is 33.6. The van der Waals surface area contributed by atoms with Crippen LogP contribution in [0.2, 0.25) is 0 Å². The summed E-state index contributed by atoms with van der Waals surface area (Å²) in [5.41, 5.74) is 26.9. The lowest BCUT2D eigenvalue weighted by Gasteiger charge is -2.29. The minimum absolute atomic E-state index is 0.822. The standard InChI is InChI=1S/C60H41N.C6H7N/c1-2-3-22-46-47-25-13-23-44(39-16-7-4-8-17-39)53(47)37-55(46)50-33-29-41-31-35-52-58(36-32-42-30-34-51(50)59(41)60(42)52)61(43-20-11-6-12-21-43)57-28-15-27-49-48-26-14-24-45(54(48)38-56(49)57)40-18-9-5-10-19-40;7-6-4-2-1-3-5-6/h2-36H,1,37-38H2;1-5H,7H2/b22-3-;. The molecule has 0 bridgehead atoms. The number of hydrogen-bond acceptors (Lipinski definition) is 2. The van der Waals surface area contributed by atoms with Gasteiger partial charge >= 0.3 is 0 Å². The van der Waals surface area contributed by atoms with Gasteiger partial charge in [-0.1, -0.05) is 213 Å². The highest BCUT2D eigenvalue weighted by Gasteiger charge is 2.29. The van der Waals surface area contributed by atoms with Gasteiger partial charge in [0.25, 0.3) is 0 Å². The van der Waals surface area contributed by atoms with E-state index < -0.39 is 0 Å². The molecule has 0 saturated carbocycles. The van der Waals surface area contributed by atoms with E-state index in [0.29, 0.717) is 0 Å². The summed E-state index contributed by atoms with van der Waals surface area (Å²) in [6.45, 7) is 4.04. The molecular formula is C66H48N2. The Morgan fingerprint density at radius 2 is 0.912 bits per heavy atom. The van der Waals surface area contributed by atoms with Gasteiger partial charge in [-0.25, -0.2) is 0 Å². The number of nitrogens with two attached hydrogens (primary N) is 1. The third kappa shape index (κ3) is 6.98. The molecule has 0 spiro atoms. The van der Waals surface area contributed by atoms with Gasteiger partial charge in [-0.3, -0.25) is 0 Å². The molecule has 0 atom stereocenters. The Hall–Kier alpha value is -8.72. The van der Waals surface area contributed by atoms with E-state index in [1.807, 2.05) is 36.4 Å². The molecule has 0 fully saturated rings. The molecule has 0 heterocycles. The number of nitrogen functional groups attached to an aromatic ring is 1. The molecule has 0 aromatic heterocycles. The lowest BCUT2D eigenvalue weighted by molar-refractivity contribution is 1.20. The number of anilines is 4. The number of para-hydroxylation sites is 2. The molecule has 0 unspecified atom stereocenters. The summed E-state index contributed by atoms with van der Waals surface area (Å²) >= 11 is 0. The molecule has 0 aliphatic heterocycles. The number of benzene rings is 11. The number of nitrogens with zero attached hydrogens (tertiary/aromatic N) is 1. The van der Waals surface area contributed by atoms with Crippen LogP contribution in [-0.4, -0.2) is 0 Å². The first kappa shape index (κ1) is 40.8. The summed E-state index contributed by atoms with van der Waals surface area (Å²) in [6, 6.07) is 81.3. The molecule has 2 N–H and O–H groups in total. The average Bonchev–Trinajstić information content (AvgIpc) is 3.98. The van der Waals surface area contributed by atoms with Crippen LogP contribution >= 0.6 is 0 Å². The Bertz CT molecular complexity index is 3730. The first-order valence-electron chi connectivity index (χ1n) is 23.5. The third-order valence-electron chi connectivity index (χ3n) is 13.9. The Labute approximate surface area is 398 Å². The summed E-state index contributed by atoms with van der Waals surface area (Å²) in [5, 5.41) is 7.67. The van der Waals surface area contributed by atoms with Crippen molar-refractivity contribution in [3.8, 4) is 33.4 Å². The molecule has 2 heteroatoms. The second-order valence-electron chi connectivity index (χ2n) is 17.7. The largest absolute Gasteiger partial charge is 0.399 e. The fourth-order valence-corrected chi connectivity index (χ4v) is 10.9. The Morgan fingerprint density at radius 1 is 0.397 bits per heavy atom. The molecule has 11 aromatic rings. The van der Waals surface area contributed by atoms with Crippen molar-refractivity contribution in [3.05, 3.63) is 277 Å². The maximum Gasteiger partial charge on any atom is 0.0540 e. The van der Waals surface area contributed by atoms with E-state index in [-0.39, 0.29) is 0 Å². The summed E-state index contributed by atoms with van der Waals surface area (Å²) < 4.78 is 0. The van der Waals surface area contributed by atoms with Crippen molar-refractivity contribution in [1.82, 2.24) is 0 Å². The summed E-state index contributed by atoms with van der Waals surface area (Å²) in [7, 11) is 0. The maximum atomic E-state index is 5.36. The first-order valence-corrected chi connectivity index (χ1v) is 23.5. The predicted molar refractivity (Wildman–Crippen MR) is 291 cm³/mol. The van der Waals surface area contributed by atoms with E-state index >= 15 is 0 Å². The van der Waals surface area contributed by atoms with Crippen molar-refractivity contribution < 1.29 is 0 Å². The van der Waals surface area contributed by atoms with Crippen LogP contribution in [0, 0.1) is 0 Å². The van der Waals surface area contributed by atoms with E-state index in [4.69, 9.17) is 5.73 Å². The molecule has 68 heavy (non-hydrogen) atoms. The summed E-state index contributed by atoms with van der Waals surface area (Å²) in [6.07, 6.45) is 7.96. The quantitative estimate of drug-likeness (QED) is 0.0936. The van der Waals surface area contributed by atoms with Crippen LogP contribution in [0.1, 0.15) is 27.8 Å². The van der Waals surface area contributed by atoms with Gasteiger partial charge in [0.1, 0.15) is 0 Å². The number of hydrogen-bond donors (Lipinski definition) is 1. The van der Waals surface area contributed by atoms with Crippen molar-refractivity contribution in [2.45, 2.75) is 12.8 Å². The van der Waals surface area contributed by atoms with Gasteiger partial charge in [0.05, 0.1) is 11.4 Å². The van der Waals surface area contributed by atoms with Gasteiger partial charge in [0.15, 0.2) is 0 Å². The molecule has 322 valence electrons. The van der Waals surface area contributed by atoms with Crippen LogP contribution in [0.25, 0.3) is 76.8 Å². The second kappa shape index (κ2) is 17.3. The highest BCUT2D eigenvalue weighted by Crippen LogP contribution is 2.51. The van der Waals surface area contributed by atoms with Gasteiger partial charge in [-0.15, -0.1) is 0 Å². The van der Waals surface area contributed by atoms with Crippen molar-refractivity contribution in [2.24, 2.45) is 0 Å². The molecule has 13 rings (SSSR count). The third-order valence-corrected chi connectivity index (χ3v) is 13.9. The van der Waals surface area contributed by atoms with Gasteiger partial charge in [0.2, 0.25) is 0 Å². The number of allylic oxidation sites excluding steroid dienone is 5. The number of fused-ring (bicyclic) bond motifs is 4. The molecule has 2 aliphatic rings. The van der Waals surface area contributed by atoms with Crippen molar-refractivity contribution in [1.29, 1.82) is 0 Å². The maximum absolute atomic E-state index is 5.36. The second-order valence-corrected chi connectivity index (χ2v) is 17.7.